The predicted octanol–water partition coefficient (Wildman–Crippen LogP) is 1.61. The summed E-state index contributed by atoms with van der Waals surface area (Å²) in [7, 11) is 1.78. The summed E-state index contributed by atoms with van der Waals surface area (Å²) >= 11 is 0. The van der Waals surface area contributed by atoms with Crippen molar-refractivity contribution in [1.29, 1.82) is 0 Å². The maximum atomic E-state index is 5.86. The molecule has 0 saturated heterocycles. The van der Waals surface area contributed by atoms with Crippen LogP contribution in [-0.4, -0.2) is 43.3 Å². The molecule has 90 valence electrons. The zero-order valence-electron chi connectivity index (χ0n) is 10.4. The Morgan fingerprint density at radius 3 is 2.33 bits per heavy atom. The van der Waals surface area contributed by atoms with Gasteiger partial charge in [-0.15, -0.1) is 0 Å². The third-order valence-corrected chi connectivity index (χ3v) is 3.58. The number of nitrogens with two attached hydrogens (primary N) is 1. The molecule has 1 aliphatic rings. The molecule has 0 bridgehead atoms. The van der Waals surface area contributed by atoms with Crippen molar-refractivity contribution in [3.63, 3.8) is 0 Å². The van der Waals surface area contributed by atoms with Crippen molar-refractivity contribution in [3.05, 3.63) is 0 Å². The van der Waals surface area contributed by atoms with Crippen molar-refractivity contribution in [1.82, 2.24) is 4.90 Å². The standard InChI is InChI=1S/C12H26N2O/c1-4-11(5-2)14(6-7-15-3)12-8-10(13)9-12/h10-12H,4-9,13H2,1-3H3. The Morgan fingerprint density at radius 1 is 1.33 bits per heavy atom. The highest BCUT2D eigenvalue weighted by Gasteiger charge is 2.33. The Morgan fingerprint density at radius 2 is 1.93 bits per heavy atom. The summed E-state index contributed by atoms with van der Waals surface area (Å²) in [6.07, 6.45) is 4.79. The monoisotopic (exact) mass is 214 g/mol. The van der Waals surface area contributed by atoms with Crippen molar-refractivity contribution < 1.29 is 4.74 Å². The summed E-state index contributed by atoms with van der Waals surface area (Å²) in [5.74, 6) is 0. The van der Waals surface area contributed by atoms with Gasteiger partial charge in [-0.2, -0.15) is 0 Å². The van der Waals surface area contributed by atoms with Gasteiger partial charge >= 0.3 is 0 Å². The van der Waals surface area contributed by atoms with Gasteiger partial charge in [0.2, 0.25) is 0 Å². The summed E-state index contributed by atoms with van der Waals surface area (Å²) < 4.78 is 5.18. The second-order valence-corrected chi connectivity index (χ2v) is 4.59. The van der Waals surface area contributed by atoms with Crippen molar-refractivity contribution >= 4 is 0 Å². The van der Waals surface area contributed by atoms with E-state index in [-0.39, 0.29) is 0 Å². The van der Waals surface area contributed by atoms with Crippen LogP contribution in [0.15, 0.2) is 0 Å². The van der Waals surface area contributed by atoms with Crippen LogP contribution in [0.25, 0.3) is 0 Å². The minimum absolute atomic E-state index is 0.439. The highest BCUT2D eigenvalue weighted by Crippen LogP contribution is 2.27. The number of ether oxygens (including phenoxy) is 1. The third kappa shape index (κ3) is 3.44. The van der Waals surface area contributed by atoms with Gasteiger partial charge < -0.3 is 10.5 Å². The molecule has 0 aliphatic heterocycles. The molecule has 2 N–H and O–H groups in total. The van der Waals surface area contributed by atoms with Crippen molar-refractivity contribution in [3.8, 4) is 0 Å². The van der Waals surface area contributed by atoms with Gasteiger partial charge in [-0.3, -0.25) is 4.90 Å². The van der Waals surface area contributed by atoms with Gasteiger partial charge in [-0.25, -0.2) is 0 Å². The van der Waals surface area contributed by atoms with E-state index in [2.05, 4.69) is 18.7 Å². The van der Waals surface area contributed by atoms with E-state index in [1.807, 2.05) is 0 Å². The Bertz CT molecular complexity index is 165. The first-order valence-corrected chi connectivity index (χ1v) is 6.23. The molecule has 1 fully saturated rings. The fourth-order valence-electron chi connectivity index (χ4n) is 2.52. The van der Waals surface area contributed by atoms with E-state index in [1.54, 1.807) is 7.11 Å². The van der Waals surface area contributed by atoms with Crippen LogP contribution in [0.4, 0.5) is 0 Å². The molecule has 0 aromatic heterocycles. The number of rotatable bonds is 7. The van der Waals surface area contributed by atoms with E-state index >= 15 is 0 Å². The van der Waals surface area contributed by atoms with Gasteiger partial charge in [0, 0.05) is 31.8 Å². The first-order valence-electron chi connectivity index (χ1n) is 6.23. The Balaban J connectivity index is 2.44. The topological polar surface area (TPSA) is 38.5 Å². The maximum absolute atomic E-state index is 5.86. The average Bonchev–Trinajstić information content (AvgIpc) is 2.20. The SMILES string of the molecule is CCC(CC)N(CCOC)C1CC(N)C1. The highest BCUT2D eigenvalue weighted by molar-refractivity contribution is 4.91. The maximum Gasteiger partial charge on any atom is 0.0589 e. The van der Waals surface area contributed by atoms with Gasteiger partial charge in [0.25, 0.3) is 0 Å². The van der Waals surface area contributed by atoms with Crippen LogP contribution >= 0.6 is 0 Å². The average molecular weight is 214 g/mol. The van der Waals surface area contributed by atoms with E-state index in [0.717, 1.165) is 13.2 Å². The van der Waals surface area contributed by atoms with Crippen LogP contribution in [0, 0.1) is 0 Å². The van der Waals surface area contributed by atoms with Crippen LogP contribution < -0.4 is 5.73 Å². The lowest BCUT2D eigenvalue weighted by atomic mass is 9.85. The molecule has 1 aliphatic carbocycles. The van der Waals surface area contributed by atoms with Crippen LogP contribution in [0.3, 0.4) is 0 Å². The summed E-state index contributed by atoms with van der Waals surface area (Å²) in [6, 6.07) is 1.85. The second kappa shape index (κ2) is 6.46. The van der Waals surface area contributed by atoms with E-state index in [9.17, 15) is 0 Å². The van der Waals surface area contributed by atoms with Gasteiger partial charge in [0.05, 0.1) is 6.61 Å². The molecule has 0 heterocycles. The normalized spacial score (nSPS) is 26.0. The Hall–Kier alpha value is -0.120. The van der Waals surface area contributed by atoms with Gasteiger partial charge in [-0.1, -0.05) is 13.8 Å². The van der Waals surface area contributed by atoms with Crippen molar-refractivity contribution in [2.75, 3.05) is 20.3 Å². The number of methoxy groups -OCH3 is 1. The van der Waals surface area contributed by atoms with Crippen LogP contribution in [0.2, 0.25) is 0 Å². The smallest absolute Gasteiger partial charge is 0.0589 e. The fourth-order valence-corrected chi connectivity index (χ4v) is 2.52. The van der Waals surface area contributed by atoms with Crippen molar-refractivity contribution in [2.45, 2.75) is 57.7 Å². The zero-order chi connectivity index (χ0) is 11.3. The van der Waals surface area contributed by atoms with E-state index in [0.29, 0.717) is 18.1 Å². The highest BCUT2D eigenvalue weighted by atomic mass is 16.5. The first kappa shape index (κ1) is 12.9. The molecule has 0 amide bonds. The van der Waals surface area contributed by atoms with Gasteiger partial charge in [0.15, 0.2) is 0 Å². The number of nitrogens with zero attached hydrogens (tertiary/aromatic N) is 1. The fraction of sp³-hybridized carbons (Fsp3) is 1.00. The Kier molecular flexibility index (Phi) is 5.58. The molecule has 0 aromatic rings. The Labute approximate surface area is 94.0 Å². The molecule has 3 nitrogen and oxygen atoms in total. The van der Waals surface area contributed by atoms with Crippen LogP contribution in [-0.2, 0) is 4.74 Å². The third-order valence-electron chi connectivity index (χ3n) is 3.58. The lowest BCUT2D eigenvalue weighted by Crippen LogP contribution is -2.54. The summed E-state index contributed by atoms with van der Waals surface area (Å²) in [6.45, 7) is 6.43. The minimum atomic E-state index is 0.439. The van der Waals surface area contributed by atoms with Crippen LogP contribution in [0.1, 0.15) is 39.5 Å². The number of hydrogen-bond acceptors (Lipinski definition) is 3. The molecule has 1 rings (SSSR count). The number of hydrogen-bond donors (Lipinski definition) is 1. The van der Waals surface area contributed by atoms with Gasteiger partial charge in [-0.05, 0) is 25.7 Å². The molecule has 1 saturated carbocycles. The molecule has 0 aromatic carbocycles. The molecular formula is C12H26N2O. The molecule has 0 radical (unpaired) electrons. The van der Waals surface area contributed by atoms with E-state index in [1.165, 1.54) is 25.7 Å². The van der Waals surface area contributed by atoms with Crippen LogP contribution in [0.5, 0.6) is 0 Å². The van der Waals surface area contributed by atoms with Crippen molar-refractivity contribution in [2.24, 2.45) is 5.73 Å². The largest absolute Gasteiger partial charge is 0.383 e. The molecule has 0 atom stereocenters. The zero-order valence-corrected chi connectivity index (χ0v) is 10.4. The predicted molar refractivity (Wildman–Crippen MR) is 63.9 cm³/mol. The van der Waals surface area contributed by atoms with E-state index in [4.69, 9.17) is 10.5 Å². The molecule has 3 heteroatoms. The summed E-state index contributed by atoms with van der Waals surface area (Å²) in [5, 5.41) is 0. The molecular weight excluding hydrogens is 188 g/mol. The molecule has 15 heavy (non-hydrogen) atoms. The van der Waals surface area contributed by atoms with E-state index < -0.39 is 0 Å². The summed E-state index contributed by atoms with van der Waals surface area (Å²) in [4.78, 5) is 2.60. The second-order valence-electron chi connectivity index (χ2n) is 4.59. The quantitative estimate of drug-likeness (QED) is 0.700. The lowest BCUT2D eigenvalue weighted by molar-refractivity contribution is 0.0373. The lowest BCUT2D eigenvalue weighted by Gasteiger charge is -2.45. The first-order chi connectivity index (χ1) is 7.22. The van der Waals surface area contributed by atoms with Gasteiger partial charge in [0.1, 0.15) is 0 Å². The summed E-state index contributed by atoms with van der Waals surface area (Å²) in [5.41, 5.74) is 5.86. The molecule has 0 unspecified atom stereocenters. The molecule has 0 spiro atoms. The minimum Gasteiger partial charge on any atom is -0.383 e.